The summed E-state index contributed by atoms with van der Waals surface area (Å²) in [5.41, 5.74) is 2.30. The molecule has 2 rings (SSSR count). The van der Waals surface area contributed by atoms with E-state index >= 15 is 0 Å². The molecule has 0 unspecified atom stereocenters. The maximum Gasteiger partial charge on any atom is 0.330 e. The first-order chi connectivity index (χ1) is 9.63. The highest BCUT2D eigenvalue weighted by atomic mass is 35.5. The first kappa shape index (κ1) is 14.6. The second-order valence-electron chi connectivity index (χ2n) is 3.46. The van der Waals surface area contributed by atoms with Crippen LogP contribution in [-0.2, 0) is 0 Å². The van der Waals surface area contributed by atoms with Crippen molar-refractivity contribution in [1.29, 1.82) is 0 Å². The molecule has 0 aliphatic heterocycles. The number of hydrazine groups is 1. The van der Waals surface area contributed by atoms with Crippen LogP contribution < -0.4 is 20.7 Å². The summed E-state index contributed by atoms with van der Waals surface area (Å²) in [6.07, 6.45) is 0. The van der Waals surface area contributed by atoms with E-state index in [0.29, 0.717) is 17.4 Å². The van der Waals surface area contributed by atoms with E-state index in [1.54, 1.807) is 25.1 Å². The normalized spacial score (nSPS) is 10.2. The van der Waals surface area contributed by atoms with Crippen molar-refractivity contribution in [2.45, 2.75) is 6.92 Å². The van der Waals surface area contributed by atoms with Crippen LogP contribution in [-0.4, -0.2) is 21.6 Å². The molecule has 106 valence electrons. The summed E-state index contributed by atoms with van der Waals surface area (Å²) in [6.45, 7) is 2.19. The molecule has 0 aliphatic rings. The maximum atomic E-state index is 6.02. The Hall–Kier alpha value is -1.83. The van der Waals surface area contributed by atoms with Crippen molar-refractivity contribution in [3.8, 4) is 17.8 Å². The van der Waals surface area contributed by atoms with Crippen LogP contribution in [0.15, 0.2) is 18.2 Å². The van der Waals surface area contributed by atoms with Crippen molar-refractivity contribution in [3.63, 3.8) is 0 Å². The number of hydrogen-bond donors (Lipinski definition) is 2. The highest BCUT2D eigenvalue weighted by molar-refractivity contribution is 6.42. The van der Waals surface area contributed by atoms with E-state index < -0.39 is 0 Å². The maximum absolute atomic E-state index is 6.02. The molecule has 1 aromatic carbocycles. The number of benzene rings is 1. The molecule has 0 radical (unpaired) electrons. The van der Waals surface area contributed by atoms with Crippen LogP contribution in [0, 0.1) is 0 Å². The van der Waals surface area contributed by atoms with E-state index in [2.05, 4.69) is 20.4 Å². The third-order valence-electron chi connectivity index (χ3n) is 2.11. The van der Waals surface area contributed by atoms with Crippen molar-refractivity contribution < 1.29 is 9.47 Å². The van der Waals surface area contributed by atoms with Crippen LogP contribution in [0.1, 0.15) is 6.92 Å². The summed E-state index contributed by atoms with van der Waals surface area (Å²) < 4.78 is 10.6. The molecule has 20 heavy (non-hydrogen) atoms. The Kier molecular flexibility index (Phi) is 4.78. The summed E-state index contributed by atoms with van der Waals surface area (Å²) in [7, 11) is 0. The molecule has 1 heterocycles. The molecular formula is C11H11Cl2N5O2. The van der Waals surface area contributed by atoms with Gasteiger partial charge in [-0.1, -0.05) is 29.3 Å². The van der Waals surface area contributed by atoms with E-state index in [1.807, 2.05) is 0 Å². The highest BCUT2D eigenvalue weighted by Crippen LogP contribution is 2.33. The lowest BCUT2D eigenvalue weighted by atomic mass is 10.3. The number of rotatable bonds is 5. The minimum absolute atomic E-state index is 0.0134. The fraction of sp³-hybridized carbons (Fsp3) is 0.182. The topological polar surface area (TPSA) is 95.2 Å². The lowest BCUT2D eigenvalue weighted by Crippen LogP contribution is -2.12. The number of aromatic nitrogens is 3. The summed E-state index contributed by atoms with van der Waals surface area (Å²) in [4.78, 5) is 11.8. The van der Waals surface area contributed by atoms with Gasteiger partial charge in [0.15, 0.2) is 5.75 Å². The molecular weight excluding hydrogens is 305 g/mol. The molecule has 2 aromatic rings. The van der Waals surface area contributed by atoms with E-state index in [0.717, 1.165) is 0 Å². The number of halogens is 2. The third kappa shape index (κ3) is 3.38. The van der Waals surface area contributed by atoms with E-state index in [-0.39, 0.29) is 23.0 Å². The Morgan fingerprint density at radius 2 is 1.95 bits per heavy atom. The molecule has 0 saturated carbocycles. The summed E-state index contributed by atoms with van der Waals surface area (Å²) in [5, 5.41) is 0.621. The Balaban J connectivity index is 2.32. The second kappa shape index (κ2) is 6.56. The van der Waals surface area contributed by atoms with E-state index in [4.69, 9.17) is 38.5 Å². The quantitative estimate of drug-likeness (QED) is 0.646. The molecule has 0 spiro atoms. The first-order valence-electron chi connectivity index (χ1n) is 5.61. The van der Waals surface area contributed by atoms with Gasteiger partial charge >= 0.3 is 12.0 Å². The van der Waals surface area contributed by atoms with Gasteiger partial charge in [0, 0.05) is 0 Å². The standard InChI is InChI=1S/C11H11Cl2N5O2/c1-2-19-10-15-9(18-14)16-11(17-10)20-7-5-3-4-6(12)8(7)13/h3-5H,2,14H2,1H3,(H,15,16,17,18). The van der Waals surface area contributed by atoms with Gasteiger partial charge in [-0.2, -0.15) is 9.97 Å². The van der Waals surface area contributed by atoms with Crippen molar-refractivity contribution in [1.82, 2.24) is 15.0 Å². The molecule has 0 atom stereocenters. The molecule has 0 saturated heterocycles. The van der Waals surface area contributed by atoms with Crippen molar-refractivity contribution in [2.75, 3.05) is 12.0 Å². The fourth-order valence-electron chi connectivity index (χ4n) is 1.30. The van der Waals surface area contributed by atoms with Crippen molar-refractivity contribution in [2.24, 2.45) is 5.84 Å². The number of anilines is 1. The fourth-order valence-corrected chi connectivity index (χ4v) is 1.63. The number of nitrogens with one attached hydrogen (secondary N) is 1. The number of nitrogen functional groups attached to an aromatic ring is 1. The molecule has 3 N–H and O–H groups in total. The first-order valence-corrected chi connectivity index (χ1v) is 6.37. The van der Waals surface area contributed by atoms with Crippen LogP contribution in [0.5, 0.6) is 17.8 Å². The van der Waals surface area contributed by atoms with Crippen LogP contribution >= 0.6 is 23.2 Å². The molecule has 1 aromatic heterocycles. The molecule has 7 nitrogen and oxygen atoms in total. The Morgan fingerprint density at radius 1 is 1.20 bits per heavy atom. The van der Waals surface area contributed by atoms with Gasteiger partial charge in [0.2, 0.25) is 5.95 Å². The summed E-state index contributed by atoms with van der Waals surface area (Å²) in [5.74, 6) is 5.69. The smallest absolute Gasteiger partial charge is 0.330 e. The van der Waals surface area contributed by atoms with E-state index in [1.165, 1.54) is 0 Å². The lowest BCUT2D eigenvalue weighted by molar-refractivity contribution is 0.304. The number of ether oxygens (including phenoxy) is 2. The van der Waals surface area contributed by atoms with Crippen LogP contribution in [0.4, 0.5) is 5.95 Å². The molecule has 0 fully saturated rings. The molecule has 0 amide bonds. The minimum atomic E-state index is -0.0134. The van der Waals surface area contributed by atoms with Gasteiger partial charge in [0.1, 0.15) is 5.02 Å². The molecule has 0 bridgehead atoms. The predicted octanol–water partition coefficient (Wildman–Crippen LogP) is 2.66. The summed E-state index contributed by atoms with van der Waals surface area (Å²) in [6, 6.07) is 5.04. The number of nitrogens with two attached hydrogens (primary N) is 1. The van der Waals surface area contributed by atoms with Crippen LogP contribution in [0.25, 0.3) is 0 Å². The SMILES string of the molecule is CCOc1nc(NN)nc(Oc2cccc(Cl)c2Cl)n1. The number of nitrogens with zero attached hydrogens (tertiary/aromatic N) is 3. The Morgan fingerprint density at radius 3 is 2.65 bits per heavy atom. The van der Waals surface area contributed by atoms with Crippen LogP contribution in [0.2, 0.25) is 10.0 Å². The van der Waals surface area contributed by atoms with Gasteiger partial charge in [-0.15, -0.1) is 4.98 Å². The van der Waals surface area contributed by atoms with Gasteiger partial charge in [-0.05, 0) is 19.1 Å². The van der Waals surface area contributed by atoms with E-state index in [9.17, 15) is 0 Å². The van der Waals surface area contributed by atoms with Gasteiger partial charge < -0.3 is 9.47 Å². The Labute approximate surface area is 125 Å². The van der Waals surface area contributed by atoms with Crippen molar-refractivity contribution in [3.05, 3.63) is 28.2 Å². The molecule has 0 aliphatic carbocycles. The van der Waals surface area contributed by atoms with Crippen LogP contribution in [0.3, 0.4) is 0 Å². The largest absolute Gasteiger partial charge is 0.464 e. The van der Waals surface area contributed by atoms with Gasteiger partial charge in [0.25, 0.3) is 0 Å². The predicted molar refractivity (Wildman–Crippen MR) is 75.3 cm³/mol. The zero-order valence-corrected chi connectivity index (χ0v) is 11.9. The third-order valence-corrected chi connectivity index (χ3v) is 2.92. The monoisotopic (exact) mass is 315 g/mol. The average molecular weight is 316 g/mol. The zero-order valence-electron chi connectivity index (χ0n) is 10.4. The molecule has 9 heteroatoms. The Bertz CT molecular complexity index is 611. The average Bonchev–Trinajstić information content (AvgIpc) is 2.44. The van der Waals surface area contributed by atoms with Crippen molar-refractivity contribution >= 4 is 29.2 Å². The highest BCUT2D eigenvalue weighted by Gasteiger charge is 2.12. The van der Waals surface area contributed by atoms with Gasteiger partial charge in [-0.25, -0.2) is 5.84 Å². The minimum Gasteiger partial charge on any atom is -0.464 e. The lowest BCUT2D eigenvalue weighted by Gasteiger charge is -2.09. The van der Waals surface area contributed by atoms with Gasteiger partial charge in [-0.3, -0.25) is 5.43 Å². The zero-order chi connectivity index (χ0) is 14.5. The number of hydrogen-bond acceptors (Lipinski definition) is 7. The summed E-state index contributed by atoms with van der Waals surface area (Å²) >= 11 is 11.9. The van der Waals surface area contributed by atoms with Gasteiger partial charge in [0.05, 0.1) is 11.6 Å². The second-order valence-corrected chi connectivity index (χ2v) is 4.24.